The first-order chi connectivity index (χ1) is 8.81. The third kappa shape index (κ3) is 2.82. The first-order valence-electron chi connectivity index (χ1n) is 5.41. The van der Waals surface area contributed by atoms with E-state index in [4.69, 9.17) is 4.52 Å². The molecule has 5 nitrogen and oxygen atoms in total. The zero-order valence-electron chi connectivity index (χ0n) is 9.87. The fourth-order valence-corrected chi connectivity index (χ4v) is 1.45. The first-order valence-corrected chi connectivity index (χ1v) is 5.41. The number of rotatable bonds is 5. The van der Waals surface area contributed by atoms with Crippen LogP contribution in [0.25, 0.3) is 11.3 Å². The topological polar surface area (TPSA) is 64.7 Å². The van der Waals surface area contributed by atoms with E-state index in [0.717, 1.165) is 5.56 Å². The summed E-state index contributed by atoms with van der Waals surface area (Å²) >= 11 is 0. The molecular formula is C13H12N2O3. The van der Waals surface area contributed by atoms with Crippen LogP contribution in [-0.4, -0.2) is 24.3 Å². The molecule has 0 spiro atoms. The lowest BCUT2D eigenvalue weighted by Gasteiger charge is -1.91. The smallest absolute Gasteiger partial charge is 0.206 e. The molecule has 0 radical (unpaired) electrons. The number of Topliss-reactive ketones (excluding diaryl/α,β-unsaturated/α-hetero) is 1. The second-order valence-electron chi connectivity index (χ2n) is 3.54. The molecule has 1 heterocycles. The lowest BCUT2D eigenvalue weighted by Crippen LogP contribution is -1.97. The molecule has 1 aromatic carbocycles. The van der Waals surface area contributed by atoms with Gasteiger partial charge in [-0.25, -0.2) is 0 Å². The van der Waals surface area contributed by atoms with E-state index in [-0.39, 0.29) is 18.0 Å². The van der Waals surface area contributed by atoms with Crippen molar-refractivity contribution in [2.75, 3.05) is 7.11 Å². The van der Waals surface area contributed by atoms with Crippen molar-refractivity contribution in [3.05, 3.63) is 42.2 Å². The standard InChI is InChI=1S/C13H12N2O3/c1-17-14-8-7-12(16)13-9-11(15-18-13)10-5-3-2-4-6-10/h2-6,8-9H,7H2,1H3/b14-8-. The second-order valence-corrected chi connectivity index (χ2v) is 3.54. The highest BCUT2D eigenvalue weighted by atomic mass is 16.6. The van der Waals surface area contributed by atoms with Gasteiger partial charge in [-0.1, -0.05) is 40.6 Å². The molecule has 92 valence electrons. The summed E-state index contributed by atoms with van der Waals surface area (Å²) < 4.78 is 5.01. The van der Waals surface area contributed by atoms with Gasteiger partial charge in [0.15, 0.2) is 0 Å². The average molecular weight is 244 g/mol. The minimum absolute atomic E-state index is 0.122. The van der Waals surface area contributed by atoms with Crippen LogP contribution in [0.2, 0.25) is 0 Å². The monoisotopic (exact) mass is 244 g/mol. The Bertz CT molecular complexity index is 546. The van der Waals surface area contributed by atoms with Crippen molar-refractivity contribution in [3.8, 4) is 11.3 Å². The summed E-state index contributed by atoms with van der Waals surface area (Å²) in [6.07, 6.45) is 1.50. The molecule has 18 heavy (non-hydrogen) atoms. The Balaban J connectivity index is 2.11. The first kappa shape index (κ1) is 12.0. The van der Waals surface area contributed by atoms with Gasteiger partial charge in [0, 0.05) is 11.6 Å². The minimum Gasteiger partial charge on any atom is -0.399 e. The average Bonchev–Trinajstić information content (AvgIpc) is 2.89. The normalized spacial score (nSPS) is 10.7. The van der Waals surface area contributed by atoms with E-state index in [2.05, 4.69) is 15.1 Å². The Morgan fingerprint density at radius 3 is 2.94 bits per heavy atom. The summed E-state index contributed by atoms with van der Waals surface area (Å²) in [5.41, 5.74) is 1.55. The Morgan fingerprint density at radius 1 is 1.44 bits per heavy atom. The molecule has 0 atom stereocenters. The quantitative estimate of drug-likeness (QED) is 0.460. The summed E-state index contributed by atoms with van der Waals surface area (Å²) in [6.45, 7) is 0. The molecule has 0 bridgehead atoms. The van der Waals surface area contributed by atoms with Crippen molar-refractivity contribution in [2.45, 2.75) is 6.42 Å². The minimum atomic E-state index is -0.189. The molecular weight excluding hydrogens is 232 g/mol. The fraction of sp³-hybridized carbons (Fsp3) is 0.154. The van der Waals surface area contributed by atoms with Gasteiger partial charge < -0.3 is 9.36 Å². The van der Waals surface area contributed by atoms with Gasteiger partial charge in [0.2, 0.25) is 11.5 Å². The van der Waals surface area contributed by atoms with Gasteiger partial charge in [-0.05, 0) is 0 Å². The van der Waals surface area contributed by atoms with Gasteiger partial charge in [-0.3, -0.25) is 4.79 Å². The number of hydrogen-bond donors (Lipinski definition) is 0. The van der Waals surface area contributed by atoms with Crippen LogP contribution in [0.1, 0.15) is 17.0 Å². The zero-order chi connectivity index (χ0) is 12.8. The third-order valence-corrected chi connectivity index (χ3v) is 2.31. The number of aromatic nitrogens is 1. The number of carbonyl (C=O) groups excluding carboxylic acids is 1. The Morgan fingerprint density at radius 2 is 2.22 bits per heavy atom. The van der Waals surface area contributed by atoms with E-state index < -0.39 is 0 Å². The number of carbonyl (C=O) groups is 1. The maximum absolute atomic E-state index is 11.7. The maximum Gasteiger partial charge on any atom is 0.206 e. The van der Waals surface area contributed by atoms with E-state index in [1.165, 1.54) is 13.3 Å². The van der Waals surface area contributed by atoms with E-state index in [9.17, 15) is 4.79 Å². The summed E-state index contributed by atoms with van der Waals surface area (Å²) in [4.78, 5) is 16.2. The third-order valence-electron chi connectivity index (χ3n) is 2.31. The zero-order valence-corrected chi connectivity index (χ0v) is 9.87. The van der Waals surface area contributed by atoms with Crippen molar-refractivity contribution in [1.29, 1.82) is 0 Å². The molecule has 0 aliphatic carbocycles. The predicted molar refractivity (Wildman–Crippen MR) is 66.4 cm³/mol. The molecule has 0 aliphatic rings. The van der Waals surface area contributed by atoms with Crippen LogP contribution >= 0.6 is 0 Å². The molecule has 5 heteroatoms. The van der Waals surface area contributed by atoms with Crippen LogP contribution in [0.5, 0.6) is 0 Å². The van der Waals surface area contributed by atoms with Crippen LogP contribution in [0, 0.1) is 0 Å². The summed E-state index contributed by atoms with van der Waals surface area (Å²) in [5, 5.41) is 7.36. The van der Waals surface area contributed by atoms with Gasteiger partial charge in [-0.15, -0.1) is 0 Å². The summed E-state index contributed by atoms with van der Waals surface area (Å²) in [7, 11) is 1.42. The maximum atomic E-state index is 11.7. The van der Waals surface area contributed by atoms with Crippen molar-refractivity contribution in [2.24, 2.45) is 5.16 Å². The summed E-state index contributed by atoms with van der Waals surface area (Å²) in [5.74, 6) is 0.0295. The van der Waals surface area contributed by atoms with Crippen molar-refractivity contribution >= 4 is 12.0 Å². The largest absolute Gasteiger partial charge is 0.399 e. The van der Waals surface area contributed by atoms with Crippen molar-refractivity contribution < 1.29 is 14.2 Å². The molecule has 0 N–H and O–H groups in total. The van der Waals surface area contributed by atoms with Gasteiger partial charge in [-0.2, -0.15) is 0 Å². The van der Waals surface area contributed by atoms with E-state index >= 15 is 0 Å². The van der Waals surface area contributed by atoms with Crippen LogP contribution < -0.4 is 0 Å². The van der Waals surface area contributed by atoms with Gasteiger partial charge >= 0.3 is 0 Å². The van der Waals surface area contributed by atoms with Crippen LogP contribution in [-0.2, 0) is 4.84 Å². The fourth-order valence-electron chi connectivity index (χ4n) is 1.45. The Hall–Kier alpha value is -2.43. The van der Waals surface area contributed by atoms with Crippen LogP contribution in [0.4, 0.5) is 0 Å². The number of nitrogens with zero attached hydrogens (tertiary/aromatic N) is 2. The van der Waals surface area contributed by atoms with E-state index in [0.29, 0.717) is 5.69 Å². The predicted octanol–water partition coefficient (Wildman–Crippen LogP) is 2.55. The molecule has 0 saturated carbocycles. The summed E-state index contributed by atoms with van der Waals surface area (Å²) in [6, 6.07) is 11.1. The molecule has 0 amide bonds. The Labute approximate surface area is 104 Å². The number of hydrogen-bond acceptors (Lipinski definition) is 5. The molecule has 2 aromatic rings. The number of benzene rings is 1. The molecule has 0 aliphatic heterocycles. The highest BCUT2D eigenvalue weighted by Crippen LogP contribution is 2.18. The second kappa shape index (κ2) is 5.77. The van der Waals surface area contributed by atoms with Crippen LogP contribution in [0.3, 0.4) is 0 Å². The molecule has 0 unspecified atom stereocenters. The highest BCUT2D eigenvalue weighted by Gasteiger charge is 2.12. The molecule has 2 rings (SSSR count). The van der Waals surface area contributed by atoms with Crippen molar-refractivity contribution in [3.63, 3.8) is 0 Å². The van der Waals surface area contributed by atoms with Crippen LogP contribution in [0.15, 0.2) is 46.1 Å². The molecule has 0 saturated heterocycles. The molecule has 0 fully saturated rings. The lowest BCUT2D eigenvalue weighted by molar-refractivity contribution is 0.0965. The SMILES string of the molecule is CO/N=C\CC(=O)c1cc(-c2ccccc2)no1. The lowest BCUT2D eigenvalue weighted by atomic mass is 10.1. The van der Waals surface area contributed by atoms with Gasteiger partial charge in [0.05, 0.1) is 12.6 Å². The Kier molecular flexibility index (Phi) is 3.86. The van der Waals surface area contributed by atoms with E-state index in [1.807, 2.05) is 30.3 Å². The number of ketones is 1. The van der Waals surface area contributed by atoms with Gasteiger partial charge in [0.1, 0.15) is 12.8 Å². The van der Waals surface area contributed by atoms with Crippen molar-refractivity contribution in [1.82, 2.24) is 5.16 Å². The molecule has 1 aromatic heterocycles. The van der Waals surface area contributed by atoms with Gasteiger partial charge in [0.25, 0.3) is 0 Å². The van der Waals surface area contributed by atoms with E-state index in [1.54, 1.807) is 6.07 Å². The highest BCUT2D eigenvalue weighted by molar-refractivity contribution is 6.02. The number of oxime groups is 1.